The van der Waals surface area contributed by atoms with Gasteiger partial charge in [0.05, 0.1) is 6.54 Å². The van der Waals surface area contributed by atoms with Crippen molar-refractivity contribution in [2.45, 2.75) is 38.4 Å². The molecule has 0 bridgehead atoms. The maximum absolute atomic E-state index is 12.7. The highest BCUT2D eigenvalue weighted by Gasteiger charge is 2.32. The van der Waals surface area contributed by atoms with Gasteiger partial charge < -0.3 is 20.0 Å². The number of rotatable bonds is 9. The van der Waals surface area contributed by atoms with Crippen LogP contribution >= 0.6 is 11.3 Å². The molecule has 0 aromatic carbocycles. The zero-order chi connectivity index (χ0) is 22.1. The predicted octanol–water partition coefficient (Wildman–Crippen LogP) is 2.56. The van der Waals surface area contributed by atoms with E-state index >= 15 is 0 Å². The van der Waals surface area contributed by atoms with Crippen molar-refractivity contribution in [2.24, 2.45) is 0 Å². The molecule has 0 aliphatic rings. The number of hydrogen-bond donors (Lipinski definition) is 4. The Kier molecular flexibility index (Phi) is 6.24. The molecule has 13 heteroatoms. The van der Waals surface area contributed by atoms with Crippen LogP contribution in [-0.4, -0.2) is 41.3 Å². The fourth-order valence-corrected chi connectivity index (χ4v) is 5.63. The van der Waals surface area contributed by atoms with Gasteiger partial charge in [-0.25, -0.2) is 8.42 Å². The average Bonchev–Trinajstić information content (AvgIpc) is 3.34. The summed E-state index contributed by atoms with van der Waals surface area (Å²) in [5.74, 6) is 1.14. The minimum atomic E-state index is -3.83. The Bertz CT molecular complexity index is 1110. The zero-order valence-electron chi connectivity index (χ0n) is 17.0. The Morgan fingerprint density at radius 2 is 2.00 bits per heavy atom. The van der Waals surface area contributed by atoms with Crippen LogP contribution in [0.5, 0.6) is 5.75 Å². The SMILES string of the molecule is CCN(CC)S(=O)(=O)c1scc(Nc2c(NCc3cc(C)c(C)o3)no[n+]2O)c1O. The number of aromatic hydroxyl groups is 1. The van der Waals surface area contributed by atoms with Crippen LogP contribution in [0.25, 0.3) is 0 Å². The van der Waals surface area contributed by atoms with E-state index in [9.17, 15) is 18.7 Å². The van der Waals surface area contributed by atoms with E-state index in [4.69, 9.17) is 9.05 Å². The van der Waals surface area contributed by atoms with E-state index < -0.39 is 15.8 Å². The summed E-state index contributed by atoms with van der Waals surface area (Å²) in [6, 6.07) is 1.87. The van der Waals surface area contributed by atoms with Crippen molar-refractivity contribution < 1.29 is 32.7 Å². The van der Waals surface area contributed by atoms with Gasteiger partial charge in [0.2, 0.25) is 0 Å². The lowest BCUT2D eigenvalue weighted by Crippen LogP contribution is -2.30. The van der Waals surface area contributed by atoms with Crippen molar-refractivity contribution in [2.75, 3.05) is 23.7 Å². The molecule has 0 saturated carbocycles. The number of anilines is 3. The van der Waals surface area contributed by atoms with Crippen LogP contribution in [0.2, 0.25) is 0 Å². The molecule has 3 rings (SSSR count). The predicted molar refractivity (Wildman–Crippen MR) is 109 cm³/mol. The quantitative estimate of drug-likeness (QED) is 0.355. The van der Waals surface area contributed by atoms with Gasteiger partial charge >= 0.3 is 11.6 Å². The Morgan fingerprint density at radius 1 is 1.30 bits per heavy atom. The molecule has 3 heterocycles. The fraction of sp³-hybridized carbons (Fsp3) is 0.412. The van der Waals surface area contributed by atoms with Crippen LogP contribution in [0.1, 0.15) is 30.9 Å². The van der Waals surface area contributed by atoms with E-state index in [0.29, 0.717) is 10.7 Å². The minimum Gasteiger partial charge on any atom is -0.503 e. The molecule has 0 aliphatic carbocycles. The van der Waals surface area contributed by atoms with Gasteiger partial charge in [-0.15, -0.1) is 11.3 Å². The number of nitrogens with one attached hydrogen (secondary N) is 2. The summed E-state index contributed by atoms with van der Waals surface area (Å²) in [4.78, 5) is 0.372. The van der Waals surface area contributed by atoms with E-state index in [1.165, 1.54) is 9.69 Å². The number of nitrogens with zero attached hydrogens (tertiary/aromatic N) is 3. The number of sulfonamides is 1. The van der Waals surface area contributed by atoms with E-state index in [1.54, 1.807) is 13.8 Å². The molecule has 3 aromatic rings. The van der Waals surface area contributed by atoms with E-state index in [-0.39, 0.29) is 41.2 Å². The van der Waals surface area contributed by atoms with E-state index in [2.05, 4.69) is 15.8 Å². The second-order valence-electron chi connectivity index (χ2n) is 6.45. The van der Waals surface area contributed by atoms with Gasteiger partial charge in [0.15, 0.2) is 15.6 Å². The van der Waals surface area contributed by atoms with Crippen molar-refractivity contribution in [1.29, 1.82) is 0 Å². The molecule has 30 heavy (non-hydrogen) atoms. The molecule has 0 fully saturated rings. The Labute approximate surface area is 177 Å². The Balaban J connectivity index is 1.82. The molecule has 3 aromatic heterocycles. The van der Waals surface area contributed by atoms with Crippen LogP contribution in [0.4, 0.5) is 17.3 Å². The van der Waals surface area contributed by atoms with Gasteiger partial charge in [0.25, 0.3) is 10.0 Å². The number of hydrogen-bond acceptors (Lipinski definition) is 10. The molecule has 0 saturated heterocycles. The van der Waals surface area contributed by atoms with Crippen molar-refractivity contribution in [3.05, 3.63) is 28.5 Å². The summed E-state index contributed by atoms with van der Waals surface area (Å²) in [7, 11) is -3.83. The molecule has 0 atom stereocenters. The normalized spacial score (nSPS) is 11.9. The molecular formula is C17H24N5O6S2+. The Hall–Kier alpha value is -2.77. The maximum atomic E-state index is 12.7. The number of aryl methyl sites for hydroxylation is 2. The summed E-state index contributed by atoms with van der Waals surface area (Å²) >= 11 is 0.871. The minimum absolute atomic E-state index is 0.0186. The third kappa shape index (κ3) is 4.08. The van der Waals surface area contributed by atoms with E-state index in [1.807, 2.05) is 19.9 Å². The molecule has 0 amide bonds. The van der Waals surface area contributed by atoms with Crippen molar-refractivity contribution in [1.82, 2.24) is 9.46 Å². The summed E-state index contributed by atoms with van der Waals surface area (Å²) in [6.45, 7) is 8.05. The molecular weight excluding hydrogens is 434 g/mol. The summed E-state index contributed by atoms with van der Waals surface area (Å²) in [5.41, 5.74) is 1.09. The summed E-state index contributed by atoms with van der Waals surface area (Å²) in [5, 5.41) is 31.3. The highest BCUT2D eigenvalue weighted by molar-refractivity contribution is 7.91. The smallest absolute Gasteiger partial charge is 0.370 e. The van der Waals surface area contributed by atoms with Gasteiger partial charge in [-0.3, -0.25) is 5.32 Å². The van der Waals surface area contributed by atoms with Crippen LogP contribution in [-0.2, 0) is 16.6 Å². The van der Waals surface area contributed by atoms with Crippen molar-refractivity contribution in [3.8, 4) is 5.75 Å². The first kappa shape index (κ1) is 21.9. The first-order chi connectivity index (χ1) is 14.2. The van der Waals surface area contributed by atoms with E-state index in [0.717, 1.165) is 22.7 Å². The maximum Gasteiger partial charge on any atom is 0.370 e. The lowest BCUT2D eigenvalue weighted by Gasteiger charge is -2.17. The highest BCUT2D eigenvalue weighted by Crippen LogP contribution is 2.40. The van der Waals surface area contributed by atoms with Crippen molar-refractivity contribution >= 4 is 38.7 Å². The van der Waals surface area contributed by atoms with Crippen LogP contribution in [0.3, 0.4) is 0 Å². The second kappa shape index (κ2) is 8.53. The standard InChI is InChI=1S/C17H23N5O6S2/c1-5-21(6-2)30(25,26)17-14(23)13(9-29-17)19-16-15(20-28-22(16)24)18-8-12-7-10(3)11(4)27-12/h7,9,24H,5-6,8H2,1-4H3,(H2,18,20,23)/p+1. The molecule has 164 valence electrons. The lowest BCUT2D eigenvalue weighted by atomic mass is 10.3. The third-order valence-corrected chi connectivity index (χ3v) is 8.08. The van der Waals surface area contributed by atoms with Crippen LogP contribution in [0.15, 0.2) is 24.7 Å². The largest absolute Gasteiger partial charge is 0.503 e. The molecule has 0 radical (unpaired) electrons. The average molecular weight is 459 g/mol. The van der Waals surface area contributed by atoms with Gasteiger partial charge in [-0.1, -0.05) is 18.5 Å². The molecule has 4 N–H and O–H groups in total. The highest BCUT2D eigenvalue weighted by atomic mass is 32.2. The number of aromatic nitrogens is 2. The number of thiophene rings is 1. The topological polar surface area (TPSA) is 145 Å². The first-order valence-electron chi connectivity index (χ1n) is 9.17. The first-order valence-corrected chi connectivity index (χ1v) is 11.5. The van der Waals surface area contributed by atoms with Crippen LogP contribution in [0, 0.1) is 13.8 Å². The molecule has 0 aliphatic heterocycles. The van der Waals surface area contributed by atoms with Crippen molar-refractivity contribution in [3.63, 3.8) is 0 Å². The van der Waals surface area contributed by atoms with Gasteiger partial charge in [-0.2, -0.15) is 4.31 Å². The van der Waals surface area contributed by atoms with Gasteiger partial charge in [0, 0.05) is 18.5 Å². The summed E-state index contributed by atoms with van der Waals surface area (Å²) < 4.78 is 36.8. The van der Waals surface area contributed by atoms with Gasteiger partial charge in [0.1, 0.15) is 21.6 Å². The molecule has 11 nitrogen and oxygen atoms in total. The zero-order valence-corrected chi connectivity index (χ0v) is 18.6. The molecule has 0 unspecified atom stereocenters. The Morgan fingerprint density at radius 3 is 2.60 bits per heavy atom. The number of furan rings is 1. The molecule has 0 spiro atoms. The fourth-order valence-electron chi connectivity index (χ4n) is 2.80. The lowest BCUT2D eigenvalue weighted by molar-refractivity contribution is -1.03. The monoisotopic (exact) mass is 458 g/mol. The second-order valence-corrected chi connectivity index (χ2v) is 9.46. The third-order valence-electron chi connectivity index (χ3n) is 4.54. The van der Waals surface area contributed by atoms with Crippen LogP contribution < -0.4 is 15.5 Å². The summed E-state index contributed by atoms with van der Waals surface area (Å²) in [6.07, 6.45) is 0. The van der Waals surface area contributed by atoms with Gasteiger partial charge in [-0.05, 0) is 25.5 Å².